The Hall–Kier alpha value is -1.74. The Kier molecular flexibility index (Phi) is 5.76. The molecule has 0 spiro atoms. The third kappa shape index (κ3) is 4.32. The molecule has 26 heavy (non-hydrogen) atoms. The molecule has 0 bridgehead atoms. The third-order valence-electron chi connectivity index (χ3n) is 3.58. The van der Waals surface area contributed by atoms with E-state index in [2.05, 4.69) is 26.1 Å². The van der Waals surface area contributed by atoms with Crippen LogP contribution in [-0.2, 0) is 18.5 Å². The first-order valence-electron chi connectivity index (χ1n) is 7.86. The Morgan fingerprint density at radius 3 is 2.65 bits per heavy atom. The zero-order valence-corrected chi connectivity index (χ0v) is 16.2. The number of hydrogen-bond acceptors (Lipinski definition) is 4. The van der Waals surface area contributed by atoms with Crippen LogP contribution in [0.3, 0.4) is 0 Å². The first kappa shape index (κ1) is 19.0. The second kappa shape index (κ2) is 7.87. The van der Waals surface area contributed by atoms with Crippen LogP contribution in [-0.4, -0.2) is 14.8 Å². The predicted octanol–water partition coefficient (Wildman–Crippen LogP) is 6.02. The highest BCUT2D eigenvalue weighted by molar-refractivity contribution is 9.10. The number of rotatable bonds is 6. The first-order valence-corrected chi connectivity index (χ1v) is 9.64. The monoisotopic (exact) mass is 445 g/mol. The van der Waals surface area contributed by atoms with Crippen molar-refractivity contribution in [3.63, 3.8) is 0 Å². The van der Waals surface area contributed by atoms with E-state index in [0.717, 1.165) is 18.6 Å². The molecule has 3 aromatic rings. The molecule has 0 amide bonds. The smallest absolute Gasteiger partial charge is 0.416 e. The van der Waals surface area contributed by atoms with E-state index >= 15 is 0 Å². The number of nitrogens with zero attached hydrogens (tertiary/aromatic N) is 3. The van der Waals surface area contributed by atoms with Crippen LogP contribution in [0.15, 0.2) is 50.6 Å². The highest BCUT2D eigenvalue weighted by Gasteiger charge is 2.30. The van der Waals surface area contributed by atoms with E-state index in [1.165, 1.54) is 17.8 Å². The van der Waals surface area contributed by atoms with E-state index in [-0.39, 0.29) is 0 Å². The Labute approximate surface area is 160 Å². The van der Waals surface area contributed by atoms with Gasteiger partial charge in [-0.05, 0) is 46.1 Å². The van der Waals surface area contributed by atoms with Gasteiger partial charge >= 0.3 is 6.18 Å². The first-order chi connectivity index (χ1) is 12.4. The summed E-state index contributed by atoms with van der Waals surface area (Å²) in [5.74, 6) is 1.56. The van der Waals surface area contributed by atoms with Gasteiger partial charge in [-0.25, -0.2) is 0 Å². The van der Waals surface area contributed by atoms with Crippen LogP contribution in [0.5, 0.6) is 0 Å². The van der Waals surface area contributed by atoms with Crippen LogP contribution >= 0.6 is 27.7 Å². The fourth-order valence-corrected chi connectivity index (χ4v) is 3.64. The van der Waals surface area contributed by atoms with Gasteiger partial charge in [-0.2, -0.15) is 13.2 Å². The molecule has 2 heterocycles. The van der Waals surface area contributed by atoms with Crippen LogP contribution in [0, 0.1) is 0 Å². The minimum atomic E-state index is -4.34. The molecule has 138 valence electrons. The summed E-state index contributed by atoms with van der Waals surface area (Å²) in [4.78, 5) is 0. The minimum Gasteiger partial charge on any atom is -0.446 e. The van der Waals surface area contributed by atoms with E-state index in [4.69, 9.17) is 4.42 Å². The topological polar surface area (TPSA) is 43.9 Å². The summed E-state index contributed by atoms with van der Waals surface area (Å²) in [6.07, 6.45) is -3.48. The zero-order valence-electron chi connectivity index (χ0n) is 13.8. The van der Waals surface area contributed by atoms with Gasteiger partial charge in [-0.3, -0.25) is 4.57 Å². The van der Waals surface area contributed by atoms with Crippen molar-refractivity contribution in [2.45, 2.75) is 37.0 Å². The van der Waals surface area contributed by atoms with Crippen LogP contribution < -0.4 is 0 Å². The molecule has 3 rings (SSSR count). The minimum absolute atomic E-state index is 0.369. The zero-order chi connectivity index (χ0) is 18.7. The number of thioether (sulfide) groups is 1. The highest BCUT2D eigenvalue weighted by atomic mass is 79.9. The molecule has 0 saturated heterocycles. The van der Waals surface area contributed by atoms with E-state index < -0.39 is 11.7 Å². The van der Waals surface area contributed by atoms with E-state index in [1.807, 2.05) is 11.5 Å². The van der Waals surface area contributed by atoms with Gasteiger partial charge in [0.25, 0.3) is 0 Å². The highest BCUT2D eigenvalue weighted by Crippen LogP contribution is 2.32. The van der Waals surface area contributed by atoms with Gasteiger partial charge in [-0.15, -0.1) is 10.2 Å². The molecule has 1 aromatic carbocycles. The molecule has 9 heteroatoms. The lowest BCUT2D eigenvalue weighted by atomic mass is 10.1. The van der Waals surface area contributed by atoms with Gasteiger partial charge in [0.15, 0.2) is 15.6 Å². The van der Waals surface area contributed by atoms with Crippen molar-refractivity contribution in [1.29, 1.82) is 0 Å². The molecule has 0 aliphatic rings. The Morgan fingerprint density at radius 2 is 2.00 bits per heavy atom. The fourth-order valence-electron chi connectivity index (χ4n) is 2.42. The summed E-state index contributed by atoms with van der Waals surface area (Å²) in [5.41, 5.74) is -0.0649. The van der Waals surface area contributed by atoms with Crippen molar-refractivity contribution in [3.8, 4) is 11.6 Å². The summed E-state index contributed by atoms with van der Waals surface area (Å²) >= 11 is 4.61. The molecule has 0 N–H and O–H groups in total. The maximum absolute atomic E-state index is 12.8. The van der Waals surface area contributed by atoms with Crippen molar-refractivity contribution in [2.75, 3.05) is 0 Å². The van der Waals surface area contributed by atoms with Crippen molar-refractivity contribution in [3.05, 3.63) is 52.2 Å². The van der Waals surface area contributed by atoms with Gasteiger partial charge in [-0.1, -0.05) is 36.9 Å². The number of halogens is 4. The molecule has 2 aromatic heterocycles. The molecule has 0 radical (unpaired) electrons. The SMILES string of the molecule is CCCn1c(SCc2cccc(C(F)(F)F)c2)nnc1-c1ccc(Br)o1. The molecule has 0 fully saturated rings. The number of alkyl halides is 3. The van der Waals surface area contributed by atoms with Gasteiger partial charge in [0.05, 0.1) is 5.56 Å². The molecule has 0 aliphatic heterocycles. The normalized spacial score (nSPS) is 11.9. The van der Waals surface area contributed by atoms with Crippen LogP contribution in [0.4, 0.5) is 13.2 Å². The summed E-state index contributed by atoms with van der Waals surface area (Å²) in [5, 5.41) is 9.02. The van der Waals surface area contributed by atoms with Crippen LogP contribution in [0.1, 0.15) is 24.5 Å². The lowest BCUT2D eigenvalue weighted by Crippen LogP contribution is -2.05. The number of hydrogen-bond donors (Lipinski definition) is 0. The van der Waals surface area contributed by atoms with E-state index in [1.54, 1.807) is 18.2 Å². The van der Waals surface area contributed by atoms with E-state index in [9.17, 15) is 13.2 Å². The molecule has 0 unspecified atom stereocenters. The van der Waals surface area contributed by atoms with Crippen molar-refractivity contribution >= 4 is 27.7 Å². The molecular formula is C17H15BrF3N3OS. The third-order valence-corrected chi connectivity index (χ3v) is 5.04. The van der Waals surface area contributed by atoms with Crippen molar-refractivity contribution in [1.82, 2.24) is 14.8 Å². The summed E-state index contributed by atoms with van der Waals surface area (Å²) in [7, 11) is 0. The van der Waals surface area contributed by atoms with E-state index in [0.29, 0.717) is 39.3 Å². The Balaban J connectivity index is 1.81. The lowest BCUT2D eigenvalue weighted by Gasteiger charge is -2.09. The van der Waals surface area contributed by atoms with Crippen molar-refractivity contribution < 1.29 is 17.6 Å². The number of aromatic nitrogens is 3. The van der Waals surface area contributed by atoms with Crippen molar-refractivity contribution in [2.24, 2.45) is 0 Å². The van der Waals surface area contributed by atoms with Crippen LogP contribution in [0.2, 0.25) is 0 Å². The Morgan fingerprint density at radius 1 is 1.19 bits per heavy atom. The maximum atomic E-state index is 12.8. The maximum Gasteiger partial charge on any atom is 0.416 e. The predicted molar refractivity (Wildman–Crippen MR) is 96.7 cm³/mol. The number of furan rings is 1. The average molecular weight is 446 g/mol. The largest absolute Gasteiger partial charge is 0.446 e. The summed E-state index contributed by atoms with van der Waals surface area (Å²) in [6.45, 7) is 2.72. The molecule has 0 aliphatic carbocycles. The molecule has 0 saturated carbocycles. The van der Waals surface area contributed by atoms with Gasteiger partial charge in [0.1, 0.15) is 0 Å². The lowest BCUT2D eigenvalue weighted by molar-refractivity contribution is -0.137. The summed E-state index contributed by atoms with van der Waals surface area (Å²) in [6, 6.07) is 8.89. The number of benzene rings is 1. The van der Waals surface area contributed by atoms with Gasteiger partial charge in [0, 0.05) is 12.3 Å². The fraction of sp³-hybridized carbons (Fsp3) is 0.294. The quantitative estimate of drug-likeness (QED) is 0.435. The van der Waals surface area contributed by atoms with Crippen LogP contribution in [0.25, 0.3) is 11.6 Å². The average Bonchev–Trinajstić information content (AvgIpc) is 3.19. The second-order valence-corrected chi connectivity index (χ2v) is 7.27. The molecule has 4 nitrogen and oxygen atoms in total. The molecule has 0 atom stereocenters. The second-order valence-electron chi connectivity index (χ2n) is 5.55. The van der Waals surface area contributed by atoms with Gasteiger partial charge in [0.2, 0.25) is 5.82 Å². The Bertz CT molecular complexity index is 892. The summed E-state index contributed by atoms with van der Waals surface area (Å²) < 4.78 is 46.6. The van der Waals surface area contributed by atoms with Gasteiger partial charge < -0.3 is 4.42 Å². The molecular weight excluding hydrogens is 431 g/mol. The standard InChI is InChI=1S/C17H15BrF3N3OS/c1-2-8-24-15(13-6-7-14(18)25-13)22-23-16(24)26-10-11-4-3-5-12(9-11)17(19,20)21/h3-7,9H,2,8,10H2,1H3.